The van der Waals surface area contributed by atoms with Gasteiger partial charge in [-0.1, -0.05) is 25.5 Å². The van der Waals surface area contributed by atoms with Crippen molar-refractivity contribution in [2.24, 2.45) is 0 Å². The molecule has 0 heterocycles. The van der Waals surface area contributed by atoms with Crippen LogP contribution in [0.1, 0.15) is 32.3 Å². The van der Waals surface area contributed by atoms with Gasteiger partial charge in [0.05, 0.1) is 11.3 Å². The highest BCUT2D eigenvalue weighted by atomic mass is 32.2. The lowest BCUT2D eigenvalue weighted by Gasteiger charge is -2.23. The molecule has 0 saturated carbocycles. The molecule has 0 aliphatic heterocycles. The van der Waals surface area contributed by atoms with Gasteiger partial charge < -0.3 is 10.8 Å². The number of hydrogen-bond acceptors (Lipinski definition) is 4. The predicted molar refractivity (Wildman–Crippen MR) is 76.3 cm³/mol. The maximum Gasteiger partial charge on any atom is 0.242 e. The van der Waals surface area contributed by atoms with Crippen LogP contribution in [0.15, 0.2) is 23.1 Å². The minimum absolute atomic E-state index is 0.0308. The number of aryl methyl sites for hydroxylation is 1. The van der Waals surface area contributed by atoms with E-state index in [1.807, 2.05) is 6.92 Å². The molecule has 1 rings (SSSR count). The quantitative estimate of drug-likeness (QED) is 0.689. The number of sulfonamides is 1. The smallest absolute Gasteiger partial charge is 0.242 e. The maximum atomic E-state index is 12.2. The Kier molecular flexibility index (Phi) is 4.95. The molecule has 108 valence electrons. The van der Waals surface area contributed by atoms with Crippen LogP contribution in [0.25, 0.3) is 0 Å². The molecule has 0 aliphatic rings. The van der Waals surface area contributed by atoms with Crippen molar-refractivity contribution in [2.75, 3.05) is 12.3 Å². The van der Waals surface area contributed by atoms with E-state index in [1.165, 1.54) is 0 Å². The van der Waals surface area contributed by atoms with E-state index in [0.717, 1.165) is 6.42 Å². The van der Waals surface area contributed by atoms with E-state index >= 15 is 0 Å². The summed E-state index contributed by atoms with van der Waals surface area (Å²) in [7, 11) is -3.71. The third-order valence-corrected chi connectivity index (χ3v) is 4.56. The molecule has 4 N–H and O–H groups in total. The van der Waals surface area contributed by atoms with Crippen LogP contribution in [0.4, 0.5) is 5.69 Å². The molecule has 1 aromatic rings. The topological polar surface area (TPSA) is 92.4 Å². The van der Waals surface area contributed by atoms with Crippen LogP contribution in [-0.4, -0.2) is 25.7 Å². The number of nitrogens with one attached hydrogen (secondary N) is 1. The van der Waals surface area contributed by atoms with E-state index in [0.29, 0.717) is 12.0 Å². The first-order valence-corrected chi connectivity index (χ1v) is 7.75. The fraction of sp³-hybridized carbons (Fsp3) is 0.538. The van der Waals surface area contributed by atoms with Gasteiger partial charge in [0.25, 0.3) is 0 Å². The molecular formula is C13H22N2O3S. The molecule has 19 heavy (non-hydrogen) atoms. The van der Waals surface area contributed by atoms with Gasteiger partial charge in [-0.2, -0.15) is 0 Å². The minimum Gasteiger partial charge on any atom is -0.398 e. The molecule has 0 bridgehead atoms. The van der Waals surface area contributed by atoms with E-state index in [9.17, 15) is 13.5 Å². The van der Waals surface area contributed by atoms with Gasteiger partial charge in [-0.05, 0) is 31.9 Å². The standard InChI is InChI=1S/C13H22N2O3S/c1-4-8-13(3,16)9-15-19(17,18)12-10(2)6-5-7-11(12)14/h5-7,15-16H,4,8-9,14H2,1-3H3. The van der Waals surface area contributed by atoms with Crippen molar-refractivity contribution in [3.63, 3.8) is 0 Å². The van der Waals surface area contributed by atoms with E-state index in [2.05, 4.69) is 4.72 Å². The number of rotatable bonds is 6. The lowest BCUT2D eigenvalue weighted by Crippen LogP contribution is -2.40. The molecule has 1 unspecified atom stereocenters. The molecule has 5 nitrogen and oxygen atoms in total. The molecule has 0 spiro atoms. The fourth-order valence-corrected chi connectivity index (χ4v) is 3.51. The fourth-order valence-electron chi connectivity index (χ4n) is 1.99. The van der Waals surface area contributed by atoms with Crippen molar-refractivity contribution in [1.82, 2.24) is 4.72 Å². The van der Waals surface area contributed by atoms with E-state index in [1.54, 1.807) is 32.0 Å². The van der Waals surface area contributed by atoms with Crippen LogP contribution in [0, 0.1) is 6.92 Å². The van der Waals surface area contributed by atoms with Crippen LogP contribution in [-0.2, 0) is 10.0 Å². The van der Waals surface area contributed by atoms with Crippen LogP contribution in [0.3, 0.4) is 0 Å². The Labute approximate surface area is 114 Å². The van der Waals surface area contributed by atoms with E-state index in [4.69, 9.17) is 5.73 Å². The second-order valence-electron chi connectivity index (χ2n) is 5.06. The zero-order chi connectivity index (χ0) is 14.7. The number of benzene rings is 1. The Morgan fingerprint density at radius 1 is 1.42 bits per heavy atom. The normalized spacial score (nSPS) is 15.2. The Morgan fingerprint density at radius 2 is 2.05 bits per heavy atom. The average molecular weight is 286 g/mol. The van der Waals surface area contributed by atoms with Crippen molar-refractivity contribution in [3.8, 4) is 0 Å². The SMILES string of the molecule is CCCC(C)(O)CNS(=O)(=O)c1c(C)cccc1N. The first-order valence-electron chi connectivity index (χ1n) is 6.27. The summed E-state index contributed by atoms with van der Waals surface area (Å²) in [6.45, 7) is 5.20. The second kappa shape index (κ2) is 5.90. The summed E-state index contributed by atoms with van der Waals surface area (Å²) in [5.74, 6) is 0. The van der Waals surface area contributed by atoms with Crippen molar-refractivity contribution >= 4 is 15.7 Å². The van der Waals surface area contributed by atoms with Gasteiger partial charge in [-0.15, -0.1) is 0 Å². The molecule has 0 amide bonds. The first-order chi connectivity index (χ1) is 8.69. The lowest BCUT2D eigenvalue weighted by molar-refractivity contribution is 0.0554. The predicted octanol–water partition coefficient (Wildman–Crippen LogP) is 1.41. The summed E-state index contributed by atoms with van der Waals surface area (Å²) in [4.78, 5) is 0.0855. The van der Waals surface area contributed by atoms with Crippen molar-refractivity contribution < 1.29 is 13.5 Å². The number of hydrogen-bond donors (Lipinski definition) is 3. The van der Waals surface area contributed by atoms with Gasteiger partial charge >= 0.3 is 0 Å². The first kappa shape index (κ1) is 15.9. The highest BCUT2D eigenvalue weighted by Crippen LogP contribution is 2.22. The van der Waals surface area contributed by atoms with Gasteiger partial charge in [-0.3, -0.25) is 0 Å². The Morgan fingerprint density at radius 3 is 2.58 bits per heavy atom. The summed E-state index contributed by atoms with van der Waals surface area (Å²) in [6, 6.07) is 4.94. The molecule has 6 heteroatoms. The lowest BCUT2D eigenvalue weighted by atomic mass is 10.0. The van der Waals surface area contributed by atoms with E-state index < -0.39 is 15.6 Å². The minimum atomic E-state index is -3.71. The summed E-state index contributed by atoms with van der Waals surface area (Å²) >= 11 is 0. The van der Waals surface area contributed by atoms with Gasteiger partial charge in [0.15, 0.2) is 0 Å². The highest BCUT2D eigenvalue weighted by molar-refractivity contribution is 7.89. The summed E-state index contributed by atoms with van der Waals surface area (Å²) in [5, 5.41) is 10.0. The van der Waals surface area contributed by atoms with Gasteiger partial charge in [0, 0.05) is 6.54 Å². The van der Waals surface area contributed by atoms with Crippen molar-refractivity contribution in [1.29, 1.82) is 0 Å². The third kappa shape index (κ3) is 4.19. The molecule has 1 atom stereocenters. The number of anilines is 1. The van der Waals surface area contributed by atoms with Crippen molar-refractivity contribution in [3.05, 3.63) is 23.8 Å². The molecule has 0 aliphatic carbocycles. The summed E-state index contributed by atoms with van der Waals surface area (Å²) in [5.41, 5.74) is 5.46. The largest absolute Gasteiger partial charge is 0.398 e. The summed E-state index contributed by atoms with van der Waals surface area (Å²) < 4.78 is 26.9. The van der Waals surface area contributed by atoms with Crippen LogP contribution in [0.5, 0.6) is 0 Å². The third-order valence-electron chi connectivity index (χ3n) is 2.94. The number of nitrogens with two attached hydrogens (primary N) is 1. The average Bonchev–Trinajstić information content (AvgIpc) is 2.26. The van der Waals surface area contributed by atoms with Gasteiger partial charge in [-0.25, -0.2) is 13.1 Å². The second-order valence-corrected chi connectivity index (χ2v) is 6.77. The molecule has 0 saturated heterocycles. The number of nitrogen functional groups attached to an aromatic ring is 1. The maximum absolute atomic E-state index is 12.2. The molecule has 0 radical (unpaired) electrons. The molecule has 0 fully saturated rings. The Balaban J connectivity index is 2.94. The van der Waals surface area contributed by atoms with Gasteiger partial charge in [0.1, 0.15) is 4.90 Å². The Hall–Kier alpha value is -1.11. The van der Waals surface area contributed by atoms with Crippen LogP contribution < -0.4 is 10.5 Å². The zero-order valence-electron chi connectivity index (χ0n) is 11.6. The molecule has 0 aromatic heterocycles. The molecule has 1 aromatic carbocycles. The monoisotopic (exact) mass is 286 g/mol. The zero-order valence-corrected chi connectivity index (χ0v) is 12.4. The van der Waals surface area contributed by atoms with Crippen molar-refractivity contribution in [2.45, 2.75) is 44.1 Å². The number of aliphatic hydroxyl groups is 1. The van der Waals surface area contributed by atoms with Crippen LogP contribution >= 0.6 is 0 Å². The van der Waals surface area contributed by atoms with E-state index in [-0.39, 0.29) is 17.1 Å². The Bertz CT molecular complexity index is 519. The van der Waals surface area contributed by atoms with Crippen LogP contribution in [0.2, 0.25) is 0 Å². The highest BCUT2D eigenvalue weighted by Gasteiger charge is 2.25. The summed E-state index contributed by atoms with van der Waals surface area (Å²) in [6.07, 6.45) is 1.31. The van der Waals surface area contributed by atoms with Gasteiger partial charge in [0.2, 0.25) is 10.0 Å². The molecular weight excluding hydrogens is 264 g/mol.